The number of nitrogens with zero attached hydrogens (tertiary/aromatic N) is 3. The van der Waals surface area contributed by atoms with Crippen LogP contribution in [0, 0.1) is 0 Å². The van der Waals surface area contributed by atoms with Gasteiger partial charge in [0.25, 0.3) is 10.1 Å². The fraction of sp³-hybridized carbons (Fsp3) is 0.0541. The summed E-state index contributed by atoms with van der Waals surface area (Å²) in [7, 11) is -2.99. The van der Waals surface area contributed by atoms with E-state index >= 15 is 0 Å². The van der Waals surface area contributed by atoms with Crippen LogP contribution >= 0.6 is 0 Å². The lowest BCUT2D eigenvalue weighted by Gasteiger charge is -2.13. The van der Waals surface area contributed by atoms with E-state index in [9.17, 15) is 18.1 Å². The van der Waals surface area contributed by atoms with Crippen LogP contribution in [0.5, 0.6) is 5.75 Å². The Kier molecular flexibility index (Phi) is 10.3. The normalized spacial score (nSPS) is 11.3. The van der Waals surface area contributed by atoms with Gasteiger partial charge in [0.2, 0.25) is 11.9 Å². The molecule has 13 heteroatoms. The van der Waals surface area contributed by atoms with Crippen molar-refractivity contribution in [2.24, 2.45) is 0 Å². The third-order valence-electron chi connectivity index (χ3n) is 7.26. The summed E-state index contributed by atoms with van der Waals surface area (Å²) in [6, 6.07) is 36.9. The summed E-state index contributed by atoms with van der Waals surface area (Å²) in [4.78, 5) is 12.4. The van der Waals surface area contributed by atoms with Crippen molar-refractivity contribution in [1.29, 1.82) is 0 Å². The third kappa shape index (κ3) is 8.99. The Labute approximate surface area is 289 Å². The molecule has 0 aliphatic carbocycles. The number of aliphatic hydroxyl groups is 1. The summed E-state index contributed by atoms with van der Waals surface area (Å²) < 4.78 is 40.4. The van der Waals surface area contributed by atoms with Gasteiger partial charge in [0.15, 0.2) is 5.82 Å². The number of hydrogen-bond acceptors (Lipinski definition) is 11. The molecule has 6 rings (SSSR count). The number of rotatable bonds is 13. The molecule has 0 saturated heterocycles. The van der Waals surface area contributed by atoms with Gasteiger partial charge in [-0.05, 0) is 65.7 Å². The zero-order valence-corrected chi connectivity index (χ0v) is 27.6. The zero-order chi connectivity index (χ0) is 34.9. The smallest absolute Gasteiger partial charge is 0.295 e. The number of aliphatic hydroxyl groups excluding tert-OH is 1. The van der Waals surface area contributed by atoms with Crippen LogP contribution in [0.1, 0.15) is 17.0 Å². The van der Waals surface area contributed by atoms with E-state index in [0.29, 0.717) is 11.4 Å². The molecule has 0 saturated carbocycles. The van der Waals surface area contributed by atoms with Crippen molar-refractivity contribution in [2.45, 2.75) is 11.5 Å². The molecular formula is C37H33N7O5S. The molecule has 0 radical (unpaired) electrons. The van der Waals surface area contributed by atoms with Gasteiger partial charge in [0.05, 0.1) is 7.11 Å². The summed E-state index contributed by atoms with van der Waals surface area (Å²) in [5, 5.41) is 22.4. The Morgan fingerprint density at radius 3 is 1.72 bits per heavy atom. The molecule has 50 heavy (non-hydrogen) atoms. The van der Waals surface area contributed by atoms with Crippen LogP contribution in [0.25, 0.3) is 12.2 Å². The summed E-state index contributed by atoms with van der Waals surface area (Å²) in [6.45, 7) is -0.439. The first kappa shape index (κ1) is 33.6. The van der Waals surface area contributed by atoms with Crippen LogP contribution < -0.4 is 26.0 Å². The average molecular weight is 688 g/mol. The first-order chi connectivity index (χ1) is 24.2. The molecule has 1 heterocycles. The molecule has 252 valence electrons. The Hall–Kier alpha value is -6.28. The second-order valence-electron chi connectivity index (χ2n) is 10.9. The van der Waals surface area contributed by atoms with Crippen molar-refractivity contribution in [3.05, 3.63) is 138 Å². The largest absolute Gasteiger partial charge is 0.497 e. The van der Waals surface area contributed by atoms with Crippen molar-refractivity contribution in [3.8, 4) is 5.75 Å². The quantitative estimate of drug-likeness (QED) is 0.0516. The van der Waals surface area contributed by atoms with Gasteiger partial charge in [-0.25, -0.2) is 0 Å². The summed E-state index contributed by atoms with van der Waals surface area (Å²) in [5.74, 6) is 1.04. The highest BCUT2D eigenvalue weighted by molar-refractivity contribution is 7.86. The van der Waals surface area contributed by atoms with Crippen LogP contribution in [-0.2, 0) is 16.7 Å². The van der Waals surface area contributed by atoms with Crippen LogP contribution in [0.3, 0.4) is 0 Å². The number of nitrogens with one attached hydrogen (secondary N) is 4. The average Bonchev–Trinajstić information content (AvgIpc) is 3.12. The topological polar surface area (TPSA) is 171 Å². The van der Waals surface area contributed by atoms with E-state index in [1.807, 2.05) is 103 Å². The monoisotopic (exact) mass is 687 g/mol. The van der Waals surface area contributed by atoms with Crippen molar-refractivity contribution in [1.82, 2.24) is 15.0 Å². The molecule has 0 bridgehead atoms. The van der Waals surface area contributed by atoms with Gasteiger partial charge >= 0.3 is 0 Å². The fourth-order valence-corrected chi connectivity index (χ4v) is 5.64. The maximum absolute atomic E-state index is 12.4. The molecule has 0 aliphatic rings. The van der Waals surface area contributed by atoms with Gasteiger partial charge in [0, 0.05) is 46.3 Å². The number of hydrogen-bond donors (Lipinski definition) is 6. The highest BCUT2D eigenvalue weighted by atomic mass is 32.2. The van der Waals surface area contributed by atoms with E-state index in [0.717, 1.165) is 34.0 Å². The molecule has 6 N–H and O–H groups in total. The van der Waals surface area contributed by atoms with Crippen LogP contribution in [0.15, 0.2) is 126 Å². The van der Waals surface area contributed by atoms with Crippen molar-refractivity contribution >= 4 is 68.3 Å². The van der Waals surface area contributed by atoms with E-state index in [1.54, 1.807) is 31.4 Å². The molecule has 0 unspecified atom stereocenters. The molecule has 0 amide bonds. The van der Waals surface area contributed by atoms with E-state index in [4.69, 9.17) is 4.74 Å². The fourth-order valence-electron chi connectivity index (χ4n) is 4.93. The van der Waals surface area contributed by atoms with Crippen LogP contribution in [0.4, 0.5) is 46.0 Å². The Bertz CT molecular complexity index is 2220. The number of para-hydroxylation sites is 2. The SMILES string of the molecule is COc1cc(Nc2ccccc2)cc(Nc2ccc(C=Cc3ccc(Nc4nc(CO)nc(Nc5ccccc5)n4)cc3S(=O)(=O)O)cc2)c1. The Morgan fingerprint density at radius 1 is 0.620 bits per heavy atom. The molecule has 0 spiro atoms. The number of ether oxygens (including phenoxy) is 1. The maximum Gasteiger partial charge on any atom is 0.295 e. The summed E-state index contributed by atoms with van der Waals surface area (Å²) in [6.07, 6.45) is 3.35. The zero-order valence-electron chi connectivity index (χ0n) is 26.8. The van der Waals surface area contributed by atoms with Gasteiger partial charge in [-0.3, -0.25) is 4.55 Å². The highest BCUT2D eigenvalue weighted by Gasteiger charge is 2.16. The number of aromatic nitrogens is 3. The van der Waals surface area contributed by atoms with E-state index in [-0.39, 0.29) is 28.2 Å². The molecule has 5 aromatic carbocycles. The van der Waals surface area contributed by atoms with E-state index in [1.165, 1.54) is 6.07 Å². The lowest BCUT2D eigenvalue weighted by molar-refractivity contribution is 0.271. The first-order valence-electron chi connectivity index (χ1n) is 15.4. The third-order valence-corrected chi connectivity index (χ3v) is 8.17. The van der Waals surface area contributed by atoms with Gasteiger partial charge < -0.3 is 31.1 Å². The molecule has 1 aromatic heterocycles. The van der Waals surface area contributed by atoms with Crippen molar-refractivity contribution < 1.29 is 22.8 Å². The van der Waals surface area contributed by atoms with Crippen LogP contribution in [0.2, 0.25) is 0 Å². The summed E-state index contributed by atoms with van der Waals surface area (Å²) in [5.41, 5.74) is 5.57. The van der Waals surface area contributed by atoms with Crippen molar-refractivity contribution in [3.63, 3.8) is 0 Å². The molecule has 12 nitrogen and oxygen atoms in total. The number of methoxy groups -OCH3 is 1. The van der Waals surface area contributed by atoms with E-state index < -0.39 is 16.7 Å². The maximum atomic E-state index is 12.4. The van der Waals surface area contributed by atoms with Crippen LogP contribution in [-0.4, -0.2) is 40.1 Å². The standard InChI is InChI=1S/C37H33N7O5S/c1-49-33-21-31(38-27-8-4-2-5-9-27)20-32(22-33)39-29-17-13-25(14-18-29)12-15-26-16-19-30(23-34(26)50(46,47)48)41-37-43-35(24-45)42-36(44-37)40-28-10-6-3-7-11-28/h2-23,38-39,45H,24H2,1H3,(H,46,47,48)(H2,40,41,42,43,44). The Morgan fingerprint density at radius 2 is 1.16 bits per heavy atom. The van der Waals surface area contributed by atoms with E-state index in [2.05, 4.69) is 36.2 Å². The molecule has 6 aromatic rings. The minimum absolute atomic E-state index is 0.0680. The second kappa shape index (κ2) is 15.3. The predicted octanol–water partition coefficient (Wildman–Crippen LogP) is 7.76. The summed E-state index contributed by atoms with van der Waals surface area (Å²) >= 11 is 0. The lowest BCUT2D eigenvalue weighted by atomic mass is 10.1. The predicted molar refractivity (Wildman–Crippen MR) is 196 cm³/mol. The van der Waals surface area contributed by atoms with Crippen molar-refractivity contribution in [2.75, 3.05) is 28.4 Å². The molecule has 0 aliphatic heterocycles. The molecule has 0 atom stereocenters. The van der Waals surface area contributed by atoms with Gasteiger partial charge in [-0.1, -0.05) is 66.7 Å². The number of anilines is 8. The Balaban J connectivity index is 1.17. The second-order valence-corrected chi connectivity index (χ2v) is 12.3. The lowest BCUT2D eigenvalue weighted by Crippen LogP contribution is -2.08. The van der Waals surface area contributed by atoms with Gasteiger partial charge in [-0.15, -0.1) is 0 Å². The minimum atomic E-state index is -4.61. The van der Waals surface area contributed by atoms with Gasteiger partial charge in [-0.2, -0.15) is 23.4 Å². The number of benzene rings is 5. The first-order valence-corrected chi connectivity index (χ1v) is 16.8. The molecule has 0 fully saturated rings. The minimum Gasteiger partial charge on any atom is -0.497 e. The highest BCUT2D eigenvalue weighted by Crippen LogP contribution is 2.30. The van der Waals surface area contributed by atoms with Gasteiger partial charge in [0.1, 0.15) is 17.3 Å². The molecular weight excluding hydrogens is 655 g/mol.